The molecular weight excluding hydrogens is 518 g/mol. The van der Waals surface area contributed by atoms with E-state index < -0.39 is 0 Å². The van der Waals surface area contributed by atoms with Crippen molar-refractivity contribution in [3.63, 3.8) is 0 Å². The summed E-state index contributed by atoms with van der Waals surface area (Å²) in [6, 6.07) is 0. The largest absolute Gasteiger partial charge is 0.377 e. The zero-order valence-electron chi connectivity index (χ0n) is 26.0. The van der Waals surface area contributed by atoms with E-state index in [4.69, 9.17) is 15.4 Å². The summed E-state index contributed by atoms with van der Waals surface area (Å²) >= 11 is 0. The van der Waals surface area contributed by atoms with Gasteiger partial charge in [-0.05, 0) is 31.1 Å². The van der Waals surface area contributed by atoms with Gasteiger partial charge in [0.05, 0.1) is 26.4 Å². The summed E-state index contributed by atoms with van der Waals surface area (Å²) in [6.45, 7) is 4.70. The number of nitrogens with two attached hydrogens (primary N) is 1. The van der Waals surface area contributed by atoms with Gasteiger partial charge in [-0.2, -0.15) is 0 Å². The molecule has 0 aliphatic heterocycles. The molecule has 236 valence electrons. The second-order valence-electron chi connectivity index (χ2n) is 10.4. The Kier molecular flexibility index (Phi) is 32.4. The first-order valence-electron chi connectivity index (χ1n) is 16.2. The molecule has 0 radical (unpaired) electrons. The van der Waals surface area contributed by atoms with Crippen molar-refractivity contribution < 1.29 is 23.9 Å². The van der Waals surface area contributed by atoms with Crippen LogP contribution in [-0.4, -0.2) is 57.9 Å². The maximum atomic E-state index is 11.9. The predicted molar refractivity (Wildman–Crippen MR) is 167 cm³/mol. The van der Waals surface area contributed by atoms with Crippen LogP contribution in [0.3, 0.4) is 0 Å². The first-order chi connectivity index (χ1) is 20.2. The highest BCUT2D eigenvalue weighted by Crippen LogP contribution is 2.11. The lowest BCUT2D eigenvalue weighted by atomic mass is 10.1. The quantitative estimate of drug-likeness (QED) is 0.0608. The summed E-state index contributed by atoms with van der Waals surface area (Å²) < 4.78 is 10.8. The van der Waals surface area contributed by atoms with Crippen molar-refractivity contribution in [1.82, 2.24) is 10.6 Å². The van der Waals surface area contributed by atoms with Crippen LogP contribution >= 0.6 is 0 Å². The normalized spacial score (nSPS) is 10.4. The molecule has 0 aromatic rings. The molecule has 0 unspecified atom stereocenters. The van der Waals surface area contributed by atoms with Crippen LogP contribution < -0.4 is 16.5 Å². The minimum Gasteiger partial charge on any atom is -0.377 e. The highest BCUT2D eigenvalue weighted by atomic mass is 16.6. The van der Waals surface area contributed by atoms with Crippen LogP contribution in [-0.2, 0) is 23.9 Å². The maximum Gasteiger partial charge on any atom is 0.248 e. The van der Waals surface area contributed by atoms with Crippen LogP contribution in [0.2, 0.25) is 0 Å². The number of unbranched alkanes of at least 4 members (excludes halogenated alkanes) is 16. The first kappa shape index (κ1) is 38.9. The molecule has 0 fully saturated rings. The van der Waals surface area contributed by atoms with Crippen LogP contribution in [0.5, 0.6) is 0 Å². The molecule has 0 rings (SSSR count). The molecule has 0 bridgehead atoms. The zero-order valence-corrected chi connectivity index (χ0v) is 26.0. The molecule has 0 atom stereocenters. The van der Waals surface area contributed by atoms with E-state index in [-0.39, 0.29) is 18.4 Å². The molecule has 0 spiro atoms. The summed E-state index contributed by atoms with van der Waals surface area (Å²) in [5.74, 6) is 17.0. The second-order valence-corrected chi connectivity index (χ2v) is 10.4. The van der Waals surface area contributed by atoms with E-state index in [1.807, 2.05) is 0 Å². The minimum absolute atomic E-state index is 0.0756. The van der Waals surface area contributed by atoms with Gasteiger partial charge in [-0.25, -0.2) is 5.90 Å². The third-order valence-electron chi connectivity index (χ3n) is 6.57. The number of hydrogen-bond acceptors (Lipinski definition) is 6. The van der Waals surface area contributed by atoms with Gasteiger partial charge in [0.2, 0.25) is 11.8 Å². The average molecular weight is 578 g/mol. The van der Waals surface area contributed by atoms with E-state index in [0.29, 0.717) is 45.9 Å². The first-order valence-corrected chi connectivity index (χ1v) is 16.2. The predicted octanol–water partition coefficient (Wildman–Crippen LogP) is 5.58. The lowest BCUT2D eigenvalue weighted by Crippen LogP contribution is -2.31. The van der Waals surface area contributed by atoms with Crippen molar-refractivity contribution in [3.8, 4) is 23.7 Å². The van der Waals surface area contributed by atoms with Gasteiger partial charge in [0.15, 0.2) is 0 Å². The molecular formula is C33H59N3O5. The van der Waals surface area contributed by atoms with Crippen molar-refractivity contribution in [3.05, 3.63) is 0 Å². The number of carbonyl (C=O) groups excluding carboxylic acids is 2. The Morgan fingerprint density at radius 1 is 0.585 bits per heavy atom. The second kappa shape index (κ2) is 34.1. The van der Waals surface area contributed by atoms with E-state index in [1.165, 1.54) is 77.0 Å². The van der Waals surface area contributed by atoms with Gasteiger partial charge in [0.1, 0.15) is 6.61 Å². The molecule has 8 heteroatoms. The Morgan fingerprint density at radius 3 is 1.51 bits per heavy atom. The Balaban J connectivity index is 3.32. The van der Waals surface area contributed by atoms with Crippen molar-refractivity contribution in [2.45, 2.75) is 129 Å². The molecule has 0 saturated carbocycles. The molecule has 41 heavy (non-hydrogen) atoms. The van der Waals surface area contributed by atoms with Gasteiger partial charge in [-0.1, -0.05) is 102 Å². The smallest absolute Gasteiger partial charge is 0.248 e. The van der Waals surface area contributed by atoms with E-state index in [2.05, 4.69) is 46.1 Å². The van der Waals surface area contributed by atoms with E-state index in [0.717, 1.165) is 38.5 Å². The summed E-state index contributed by atoms with van der Waals surface area (Å²) in [6.07, 6.45) is 22.7. The zero-order chi connectivity index (χ0) is 29.9. The third-order valence-corrected chi connectivity index (χ3v) is 6.57. The van der Waals surface area contributed by atoms with Crippen LogP contribution in [0.15, 0.2) is 0 Å². The number of amides is 2. The Morgan fingerprint density at radius 2 is 1.02 bits per heavy atom. The number of carbonyl (C=O) groups is 2. The van der Waals surface area contributed by atoms with Crippen molar-refractivity contribution >= 4 is 11.8 Å². The Hall–Kier alpha value is -2.10. The summed E-state index contributed by atoms with van der Waals surface area (Å²) in [7, 11) is 0. The molecule has 0 aliphatic carbocycles. The molecule has 2 amide bonds. The van der Waals surface area contributed by atoms with Gasteiger partial charge < -0.3 is 20.1 Å². The molecule has 0 saturated heterocycles. The lowest BCUT2D eigenvalue weighted by Gasteiger charge is -2.08. The van der Waals surface area contributed by atoms with E-state index in [1.54, 1.807) is 0 Å². The fourth-order valence-corrected chi connectivity index (χ4v) is 4.18. The van der Waals surface area contributed by atoms with Crippen molar-refractivity contribution in [1.29, 1.82) is 0 Å². The highest BCUT2D eigenvalue weighted by molar-refractivity contribution is 5.77. The molecule has 4 N–H and O–H groups in total. The Labute approximate surface area is 250 Å². The number of rotatable bonds is 29. The highest BCUT2D eigenvalue weighted by Gasteiger charge is 2.01. The van der Waals surface area contributed by atoms with Crippen molar-refractivity contribution in [2.75, 3.05) is 46.1 Å². The van der Waals surface area contributed by atoms with E-state index >= 15 is 0 Å². The molecule has 8 nitrogen and oxygen atoms in total. The topological polar surface area (TPSA) is 112 Å². The maximum absolute atomic E-state index is 11.9. The van der Waals surface area contributed by atoms with Crippen LogP contribution in [0.25, 0.3) is 0 Å². The summed E-state index contributed by atoms with van der Waals surface area (Å²) in [5.41, 5.74) is 0. The Bertz CT molecular complexity index is 724. The van der Waals surface area contributed by atoms with Gasteiger partial charge in [-0.3, -0.25) is 14.4 Å². The molecule has 0 heterocycles. The van der Waals surface area contributed by atoms with E-state index in [9.17, 15) is 9.59 Å². The number of hydrogen-bond donors (Lipinski definition) is 3. The number of nitrogens with one attached hydrogen (secondary N) is 2. The monoisotopic (exact) mass is 577 g/mol. The van der Waals surface area contributed by atoms with Crippen LogP contribution in [0.1, 0.15) is 129 Å². The van der Waals surface area contributed by atoms with Gasteiger partial charge >= 0.3 is 0 Å². The van der Waals surface area contributed by atoms with Gasteiger partial charge in [0, 0.05) is 32.4 Å². The van der Waals surface area contributed by atoms with Gasteiger partial charge in [-0.15, -0.1) is 0 Å². The van der Waals surface area contributed by atoms with Crippen LogP contribution in [0.4, 0.5) is 0 Å². The molecule has 0 aromatic carbocycles. The fraction of sp³-hybridized carbons (Fsp3) is 0.818. The average Bonchev–Trinajstić information content (AvgIpc) is 2.96. The summed E-state index contributed by atoms with van der Waals surface area (Å²) in [4.78, 5) is 27.2. The van der Waals surface area contributed by atoms with Crippen molar-refractivity contribution in [2.24, 2.45) is 5.90 Å². The SMILES string of the molecule is CCCCCCCCCCCCC#CC#CCCCCCCCCC(=O)NCCOCCOCCNC(=O)CON. The minimum atomic E-state index is -0.282. The standard InChI is InChI=1S/C33H59N3O5/c1-2-3-4-5-6-7-8-9-10-11-12-13-14-15-16-17-18-19-20-21-22-23-24-32(37)35-25-27-39-29-30-40-28-26-36-33(38)31-41-34/h2-12,17-31,34H2,1H3,(H,35,37)(H,36,38). The van der Waals surface area contributed by atoms with Crippen LogP contribution in [0, 0.1) is 23.7 Å². The summed E-state index contributed by atoms with van der Waals surface area (Å²) in [5, 5.41) is 5.48. The molecule has 0 aromatic heterocycles. The number of ether oxygens (including phenoxy) is 2. The molecule has 0 aliphatic rings. The third kappa shape index (κ3) is 34.0. The lowest BCUT2D eigenvalue weighted by molar-refractivity contribution is -0.126. The van der Waals surface area contributed by atoms with Gasteiger partial charge in [0.25, 0.3) is 0 Å². The fourth-order valence-electron chi connectivity index (χ4n) is 4.18.